The summed E-state index contributed by atoms with van der Waals surface area (Å²) < 4.78 is 5.08. The molecule has 13 heavy (non-hydrogen) atoms. The van der Waals surface area contributed by atoms with E-state index in [1.807, 2.05) is 0 Å². The molecule has 1 unspecified atom stereocenters. The lowest BCUT2D eigenvalue weighted by atomic mass is 10.1. The van der Waals surface area contributed by atoms with Crippen molar-refractivity contribution in [3.8, 4) is 0 Å². The molecule has 0 saturated heterocycles. The van der Waals surface area contributed by atoms with E-state index in [1.165, 1.54) is 6.07 Å². The van der Waals surface area contributed by atoms with Gasteiger partial charge in [-0.1, -0.05) is 0 Å². The van der Waals surface area contributed by atoms with Gasteiger partial charge in [-0.15, -0.1) is 0 Å². The molecule has 2 rings (SSSR count). The molecule has 1 aromatic rings. The molecule has 1 fully saturated rings. The monoisotopic (exact) mass is 181 g/mol. The van der Waals surface area contributed by atoms with Gasteiger partial charge in [0.2, 0.25) is 5.76 Å². The highest BCUT2D eigenvalue weighted by molar-refractivity contribution is 5.84. The number of carboxylic acid groups (broad SMARTS) is 1. The molecule has 0 radical (unpaired) electrons. The van der Waals surface area contributed by atoms with Crippen molar-refractivity contribution >= 4 is 5.97 Å². The first-order valence-corrected chi connectivity index (χ1v) is 4.27. The molecule has 0 spiro atoms. The van der Waals surface area contributed by atoms with Crippen LogP contribution in [0.2, 0.25) is 0 Å². The van der Waals surface area contributed by atoms with Gasteiger partial charge in [-0.3, -0.25) is 0 Å². The van der Waals surface area contributed by atoms with Crippen molar-refractivity contribution in [3.05, 3.63) is 23.7 Å². The number of rotatable bonds is 3. The van der Waals surface area contributed by atoms with Gasteiger partial charge in [0.05, 0.1) is 6.04 Å². The zero-order valence-electron chi connectivity index (χ0n) is 7.06. The first-order valence-electron chi connectivity index (χ1n) is 4.27. The van der Waals surface area contributed by atoms with Crippen molar-refractivity contribution in [3.63, 3.8) is 0 Å². The molecule has 1 atom stereocenters. The number of furan rings is 1. The van der Waals surface area contributed by atoms with Crippen LogP contribution in [0.1, 0.15) is 35.2 Å². The lowest BCUT2D eigenvalue weighted by molar-refractivity contribution is 0.0659. The number of carbonyl (C=O) groups is 1. The van der Waals surface area contributed by atoms with E-state index in [0.29, 0.717) is 11.7 Å². The Morgan fingerprint density at radius 1 is 1.62 bits per heavy atom. The Morgan fingerprint density at radius 3 is 2.77 bits per heavy atom. The molecule has 4 heteroatoms. The van der Waals surface area contributed by atoms with E-state index < -0.39 is 5.97 Å². The predicted molar refractivity (Wildman–Crippen MR) is 45.3 cm³/mol. The number of aromatic carboxylic acids is 1. The molecule has 1 aliphatic carbocycles. The second kappa shape index (κ2) is 2.88. The van der Waals surface area contributed by atoms with Crippen LogP contribution in [0.25, 0.3) is 0 Å². The van der Waals surface area contributed by atoms with Crippen molar-refractivity contribution in [2.45, 2.75) is 18.9 Å². The third-order valence-electron chi connectivity index (χ3n) is 2.30. The van der Waals surface area contributed by atoms with Gasteiger partial charge < -0.3 is 15.3 Å². The first-order chi connectivity index (χ1) is 6.18. The molecule has 1 aromatic heterocycles. The van der Waals surface area contributed by atoms with Crippen molar-refractivity contribution in [1.29, 1.82) is 0 Å². The molecule has 3 N–H and O–H groups in total. The van der Waals surface area contributed by atoms with Crippen molar-refractivity contribution in [2.75, 3.05) is 0 Å². The molecule has 1 saturated carbocycles. The fourth-order valence-corrected chi connectivity index (χ4v) is 1.33. The van der Waals surface area contributed by atoms with Crippen LogP contribution in [-0.4, -0.2) is 11.1 Å². The second-order valence-electron chi connectivity index (χ2n) is 3.37. The standard InChI is InChI=1S/C9H11NO3/c10-8(5-1-2-5)6-3-4-7(13-6)9(11)12/h3-5,8H,1-2,10H2,(H,11,12). The molecule has 4 nitrogen and oxygen atoms in total. The van der Waals surface area contributed by atoms with E-state index in [9.17, 15) is 4.79 Å². The van der Waals surface area contributed by atoms with Crippen LogP contribution >= 0.6 is 0 Å². The summed E-state index contributed by atoms with van der Waals surface area (Å²) in [5, 5.41) is 8.60. The van der Waals surface area contributed by atoms with Crippen LogP contribution in [0.15, 0.2) is 16.5 Å². The summed E-state index contributed by atoms with van der Waals surface area (Å²) in [4.78, 5) is 10.5. The second-order valence-corrected chi connectivity index (χ2v) is 3.37. The Labute approximate surface area is 75.3 Å². The largest absolute Gasteiger partial charge is 0.475 e. The smallest absolute Gasteiger partial charge is 0.371 e. The third-order valence-corrected chi connectivity index (χ3v) is 2.30. The highest BCUT2D eigenvalue weighted by Gasteiger charge is 2.31. The molecule has 0 amide bonds. The summed E-state index contributed by atoms with van der Waals surface area (Å²) >= 11 is 0. The third kappa shape index (κ3) is 1.58. The van der Waals surface area contributed by atoms with Crippen LogP contribution in [0, 0.1) is 5.92 Å². The fraction of sp³-hybridized carbons (Fsp3) is 0.444. The van der Waals surface area contributed by atoms with Crippen molar-refractivity contribution in [1.82, 2.24) is 0 Å². The number of hydrogen-bond acceptors (Lipinski definition) is 3. The summed E-state index contributed by atoms with van der Waals surface area (Å²) in [5.41, 5.74) is 5.83. The van der Waals surface area contributed by atoms with Crippen LogP contribution in [0.5, 0.6) is 0 Å². The zero-order valence-corrected chi connectivity index (χ0v) is 7.06. The maximum absolute atomic E-state index is 10.5. The van der Waals surface area contributed by atoms with Crippen molar-refractivity contribution in [2.24, 2.45) is 11.7 Å². The summed E-state index contributed by atoms with van der Waals surface area (Å²) in [6, 6.07) is 2.96. The average molecular weight is 181 g/mol. The first kappa shape index (κ1) is 8.31. The van der Waals surface area contributed by atoms with E-state index in [2.05, 4.69) is 0 Å². The molecular formula is C9H11NO3. The van der Waals surface area contributed by atoms with Crippen LogP contribution in [0.3, 0.4) is 0 Å². The van der Waals surface area contributed by atoms with Gasteiger partial charge in [0, 0.05) is 0 Å². The van der Waals surface area contributed by atoms with Gasteiger partial charge in [0.15, 0.2) is 0 Å². The fourth-order valence-electron chi connectivity index (χ4n) is 1.33. The summed E-state index contributed by atoms with van der Waals surface area (Å²) in [6.45, 7) is 0. The van der Waals surface area contributed by atoms with E-state index in [4.69, 9.17) is 15.3 Å². The van der Waals surface area contributed by atoms with E-state index >= 15 is 0 Å². The summed E-state index contributed by atoms with van der Waals surface area (Å²) in [6.07, 6.45) is 2.23. The lowest BCUT2D eigenvalue weighted by Gasteiger charge is -2.04. The average Bonchev–Trinajstić information content (AvgIpc) is 2.81. The summed E-state index contributed by atoms with van der Waals surface area (Å²) in [5.74, 6) is -0.0203. The molecular weight excluding hydrogens is 170 g/mol. The van der Waals surface area contributed by atoms with Crippen LogP contribution in [0.4, 0.5) is 0 Å². The predicted octanol–water partition coefficient (Wildman–Crippen LogP) is 1.39. The Bertz CT molecular complexity index is 327. The van der Waals surface area contributed by atoms with Gasteiger partial charge in [-0.2, -0.15) is 0 Å². The Hall–Kier alpha value is -1.29. The molecule has 1 aliphatic rings. The Kier molecular flexibility index (Phi) is 1.84. The summed E-state index contributed by atoms with van der Waals surface area (Å²) in [7, 11) is 0. The van der Waals surface area contributed by atoms with Gasteiger partial charge in [-0.05, 0) is 30.9 Å². The molecule has 0 bridgehead atoms. The number of carboxylic acids is 1. The minimum atomic E-state index is -1.05. The van der Waals surface area contributed by atoms with Crippen LogP contribution in [-0.2, 0) is 0 Å². The molecule has 1 heterocycles. The van der Waals surface area contributed by atoms with E-state index in [-0.39, 0.29) is 11.8 Å². The highest BCUT2D eigenvalue weighted by atomic mass is 16.4. The SMILES string of the molecule is NC(c1ccc(C(=O)O)o1)C1CC1. The van der Waals surface area contributed by atoms with Gasteiger partial charge >= 0.3 is 5.97 Å². The normalized spacial score (nSPS) is 18.5. The van der Waals surface area contributed by atoms with E-state index in [1.54, 1.807) is 6.07 Å². The quantitative estimate of drug-likeness (QED) is 0.738. The molecule has 0 aliphatic heterocycles. The number of hydrogen-bond donors (Lipinski definition) is 2. The maximum atomic E-state index is 10.5. The molecule has 70 valence electrons. The minimum absolute atomic E-state index is 0.0360. The lowest BCUT2D eigenvalue weighted by Crippen LogP contribution is -2.11. The van der Waals surface area contributed by atoms with Crippen molar-refractivity contribution < 1.29 is 14.3 Å². The van der Waals surface area contributed by atoms with Gasteiger partial charge in [0.1, 0.15) is 5.76 Å². The minimum Gasteiger partial charge on any atom is -0.475 e. The van der Waals surface area contributed by atoms with Gasteiger partial charge in [-0.25, -0.2) is 4.79 Å². The number of nitrogens with two attached hydrogens (primary N) is 1. The Balaban J connectivity index is 2.16. The van der Waals surface area contributed by atoms with E-state index in [0.717, 1.165) is 12.8 Å². The zero-order chi connectivity index (χ0) is 9.42. The Morgan fingerprint density at radius 2 is 2.31 bits per heavy atom. The highest BCUT2D eigenvalue weighted by Crippen LogP contribution is 2.39. The topological polar surface area (TPSA) is 76.5 Å². The van der Waals surface area contributed by atoms with Crippen LogP contribution < -0.4 is 5.73 Å². The maximum Gasteiger partial charge on any atom is 0.371 e. The van der Waals surface area contributed by atoms with Gasteiger partial charge in [0.25, 0.3) is 0 Å². The molecule has 0 aromatic carbocycles.